The molecule has 0 aliphatic heterocycles. The second-order valence-corrected chi connectivity index (χ2v) is 4.09. The fraction of sp³-hybridized carbons (Fsp3) is 0.417. The Morgan fingerprint density at radius 1 is 1.50 bits per heavy atom. The highest BCUT2D eigenvalue weighted by Gasteiger charge is 2.01. The van der Waals surface area contributed by atoms with Gasteiger partial charge < -0.3 is 15.5 Å². The van der Waals surface area contributed by atoms with Gasteiger partial charge in [-0.15, -0.1) is 0 Å². The van der Waals surface area contributed by atoms with Crippen molar-refractivity contribution in [2.75, 3.05) is 18.4 Å². The van der Waals surface area contributed by atoms with Gasteiger partial charge in [0.1, 0.15) is 5.52 Å². The first-order valence-corrected chi connectivity index (χ1v) is 5.57. The van der Waals surface area contributed by atoms with Gasteiger partial charge in [-0.05, 0) is 31.0 Å². The van der Waals surface area contributed by atoms with Crippen molar-refractivity contribution in [3.63, 3.8) is 0 Å². The zero-order chi connectivity index (χ0) is 11.4. The lowest BCUT2D eigenvalue weighted by Gasteiger charge is -2.09. The van der Waals surface area contributed by atoms with Crippen LogP contribution in [0.2, 0.25) is 0 Å². The number of fused-ring (bicyclic) bond motifs is 1. The molecule has 2 rings (SSSR count). The molecule has 1 atom stereocenters. The van der Waals surface area contributed by atoms with Gasteiger partial charge in [0.05, 0.1) is 0 Å². The van der Waals surface area contributed by atoms with Gasteiger partial charge in [-0.25, -0.2) is 4.98 Å². The molecule has 4 nitrogen and oxygen atoms in total. The van der Waals surface area contributed by atoms with Gasteiger partial charge in [-0.3, -0.25) is 0 Å². The zero-order valence-electron chi connectivity index (χ0n) is 9.44. The second kappa shape index (κ2) is 4.99. The van der Waals surface area contributed by atoms with E-state index < -0.39 is 0 Å². The molecule has 1 aromatic carbocycles. The molecule has 1 unspecified atom stereocenters. The molecule has 16 heavy (non-hydrogen) atoms. The number of benzene rings is 1. The van der Waals surface area contributed by atoms with Crippen molar-refractivity contribution in [1.29, 1.82) is 0 Å². The summed E-state index contributed by atoms with van der Waals surface area (Å²) in [6.45, 7) is 3.82. The van der Waals surface area contributed by atoms with Crippen LogP contribution in [0, 0.1) is 5.92 Å². The number of rotatable bonds is 5. The molecule has 1 aromatic heterocycles. The molecule has 3 N–H and O–H groups in total. The number of nitrogens with two attached hydrogens (primary N) is 1. The summed E-state index contributed by atoms with van der Waals surface area (Å²) in [5.41, 5.74) is 8.33. The number of nitrogens with zero attached hydrogens (tertiary/aromatic N) is 1. The number of oxazole rings is 1. The molecule has 0 fully saturated rings. The Morgan fingerprint density at radius 3 is 3.19 bits per heavy atom. The van der Waals surface area contributed by atoms with E-state index in [0.717, 1.165) is 36.3 Å². The minimum absolute atomic E-state index is 0.557. The van der Waals surface area contributed by atoms with Crippen LogP contribution in [0.4, 0.5) is 5.69 Å². The van der Waals surface area contributed by atoms with E-state index in [1.54, 1.807) is 0 Å². The van der Waals surface area contributed by atoms with Gasteiger partial charge in [-0.2, -0.15) is 0 Å². The molecule has 0 amide bonds. The number of hydrogen-bond donors (Lipinski definition) is 2. The molecule has 0 radical (unpaired) electrons. The van der Waals surface area contributed by atoms with Crippen molar-refractivity contribution < 1.29 is 4.42 Å². The Balaban J connectivity index is 1.93. The first-order valence-electron chi connectivity index (χ1n) is 5.57. The SMILES string of the molecule is CC(CN)CCNc1ccc2ncoc2c1. The average molecular weight is 219 g/mol. The maximum Gasteiger partial charge on any atom is 0.181 e. The molecule has 0 saturated heterocycles. The van der Waals surface area contributed by atoms with Crippen LogP contribution < -0.4 is 11.1 Å². The van der Waals surface area contributed by atoms with Gasteiger partial charge in [0.15, 0.2) is 12.0 Å². The van der Waals surface area contributed by atoms with E-state index in [1.807, 2.05) is 18.2 Å². The fourth-order valence-corrected chi connectivity index (χ4v) is 1.55. The van der Waals surface area contributed by atoms with Crippen LogP contribution in [-0.2, 0) is 0 Å². The summed E-state index contributed by atoms with van der Waals surface area (Å²) in [7, 11) is 0. The van der Waals surface area contributed by atoms with Gasteiger partial charge in [0.25, 0.3) is 0 Å². The largest absolute Gasteiger partial charge is 0.443 e. The first-order chi connectivity index (χ1) is 7.79. The number of anilines is 1. The number of aromatic nitrogens is 1. The third-order valence-corrected chi connectivity index (χ3v) is 2.70. The van der Waals surface area contributed by atoms with Crippen LogP contribution in [0.25, 0.3) is 11.1 Å². The Kier molecular flexibility index (Phi) is 3.41. The van der Waals surface area contributed by atoms with Crippen LogP contribution in [0.1, 0.15) is 13.3 Å². The minimum Gasteiger partial charge on any atom is -0.443 e. The molecule has 0 saturated carbocycles. The molecule has 4 heteroatoms. The van der Waals surface area contributed by atoms with Crippen LogP contribution in [0.3, 0.4) is 0 Å². The normalized spacial score (nSPS) is 12.9. The smallest absolute Gasteiger partial charge is 0.181 e. The standard InChI is InChI=1S/C12H17N3O/c1-9(7-13)4-5-14-10-2-3-11-12(6-10)16-8-15-11/h2-3,6,8-9,14H,4-5,7,13H2,1H3. The molecule has 0 aliphatic rings. The summed E-state index contributed by atoms with van der Waals surface area (Å²) < 4.78 is 5.24. The minimum atomic E-state index is 0.557. The van der Waals surface area contributed by atoms with E-state index >= 15 is 0 Å². The zero-order valence-corrected chi connectivity index (χ0v) is 9.44. The van der Waals surface area contributed by atoms with Crippen molar-refractivity contribution in [3.05, 3.63) is 24.6 Å². The van der Waals surface area contributed by atoms with Crippen molar-refractivity contribution in [3.8, 4) is 0 Å². The number of hydrogen-bond acceptors (Lipinski definition) is 4. The fourth-order valence-electron chi connectivity index (χ4n) is 1.55. The van der Waals surface area contributed by atoms with Crippen molar-refractivity contribution in [2.24, 2.45) is 11.7 Å². The summed E-state index contributed by atoms with van der Waals surface area (Å²) in [6.07, 6.45) is 2.54. The molecule has 0 aliphatic carbocycles. The quantitative estimate of drug-likeness (QED) is 0.809. The van der Waals surface area contributed by atoms with Crippen molar-refractivity contribution in [1.82, 2.24) is 4.98 Å². The predicted molar refractivity (Wildman–Crippen MR) is 65.3 cm³/mol. The third kappa shape index (κ3) is 2.52. The maximum absolute atomic E-state index is 5.56. The highest BCUT2D eigenvalue weighted by Crippen LogP contribution is 2.17. The first kappa shape index (κ1) is 11.0. The predicted octanol–water partition coefficient (Wildman–Crippen LogP) is 2.22. The molecule has 2 aromatic rings. The van der Waals surface area contributed by atoms with Gasteiger partial charge >= 0.3 is 0 Å². The van der Waals surface area contributed by atoms with Crippen LogP contribution in [-0.4, -0.2) is 18.1 Å². The van der Waals surface area contributed by atoms with Gasteiger partial charge in [-0.1, -0.05) is 6.92 Å². The molecular weight excluding hydrogens is 202 g/mol. The molecule has 86 valence electrons. The second-order valence-electron chi connectivity index (χ2n) is 4.09. The van der Waals surface area contributed by atoms with Crippen LogP contribution >= 0.6 is 0 Å². The Labute approximate surface area is 94.8 Å². The monoisotopic (exact) mass is 219 g/mol. The topological polar surface area (TPSA) is 64.1 Å². The highest BCUT2D eigenvalue weighted by atomic mass is 16.3. The van der Waals surface area contributed by atoms with E-state index in [0.29, 0.717) is 5.92 Å². The number of nitrogens with one attached hydrogen (secondary N) is 1. The van der Waals surface area contributed by atoms with Gasteiger partial charge in [0.2, 0.25) is 0 Å². The van der Waals surface area contributed by atoms with Crippen molar-refractivity contribution >= 4 is 16.8 Å². The molecule has 1 heterocycles. The lowest BCUT2D eigenvalue weighted by atomic mass is 10.1. The maximum atomic E-state index is 5.56. The summed E-state index contributed by atoms with van der Waals surface area (Å²) in [5, 5.41) is 3.35. The Hall–Kier alpha value is -1.55. The summed E-state index contributed by atoms with van der Waals surface area (Å²) in [6, 6.07) is 5.93. The van der Waals surface area contributed by atoms with E-state index in [2.05, 4.69) is 17.2 Å². The molecular formula is C12H17N3O. The summed E-state index contributed by atoms with van der Waals surface area (Å²) >= 11 is 0. The third-order valence-electron chi connectivity index (χ3n) is 2.70. The highest BCUT2D eigenvalue weighted by molar-refractivity contribution is 5.76. The summed E-state index contributed by atoms with van der Waals surface area (Å²) in [5.74, 6) is 0.557. The Bertz CT molecular complexity index is 452. The van der Waals surface area contributed by atoms with Crippen LogP contribution in [0.15, 0.2) is 29.0 Å². The molecule has 0 spiro atoms. The average Bonchev–Trinajstić information content (AvgIpc) is 2.76. The van der Waals surface area contributed by atoms with E-state index in [-0.39, 0.29) is 0 Å². The van der Waals surface area contributed by atoms with Crippen LogP contribution in [0.5, 0.6) is 0 Å². The lowest BCUT2D eigenvalue weighted by Crippen LogP contribution is -2.14. The van der Waals surface area contributed by atoms with Crippen molar-refractivity contribution in [2.45, 2.75) is 13.3 Å². The summed E-state index contributed by atoms with van der Waals surface area (Å²) in [4.78, 5) is 4.07. The molecule has 0 bridgehead atoms. The lowest BCUT2D eigenvalue weighted by molar-refractivity contribution is 0.561. The Morgan fingerprint density at radius 2 is 2.38 bits per heavy atom. The van der Waals surface area contributed by atoms with E-state index in [1.165, 1.54) is 6.39 Å². The van der Waals surface area contributed by atoms with E-state index in [9.17, 15) is 0 Å². The van der Waals surface area contributed by atoms with Gasteiger partial charge in [0, 0.05) is 18.3 Å². The van der Waals surface area contributed by atoms with E-state index in [4.69, 9.17) is 10.2 Å².